The molecule has 1 N–H and O–H groups in total. The number of ether oxygens (including phenoxy) is 1. The van der Waals surface area contributed by atoms with Crippen LogP contribution in [0.4, 0.5) is 5.69 Å². The minimum Gasteiger partial charge on any atom is -0.492 e. The van der Waals surface area contributed by atoms with Crippen LogP contribution >= 0.6 is 0 Å². The summed E-state index contributed by atoms with van der Waals surface area (Å²) in [5.41, 5.74) is 5.05. The lowest BCUT2D eigenvalue weighted by atomic mass is 10.0. The van der Waals surface area contributed by atoms with Gasteiger partial charge in [0.1, 0.15) is 17.9 Å². The second-order valence-corrected chi connectivity index (χ2v) is 7.84. The highest BCUT2D eigenvalue weighted by molar-refractivity contribution is 5.81. The topological polar surface area (TPSA) is 47.1 Å². The van der Waals surface area contributed by atoms with Gasteiger partial charge in [0.05, 0.1) is 38.5 Å². The monoisotopic (exact) mass is 393 g/mol. The van der Waals surface area contributed by atoms with Crippen molar-refractivity contribution in [3.63, 3.8) is 0 Å². The molecule has 152 valence electrons. The molecule has 3 aromatic rings. The van der Waals surface area contributed by atoms with E-state index in [1.54, 1.807) is 6.07 Å². The molecule has 29 heavy (non-hydrogen) atoms. The first-order chi connectivity index (χ1) is 14.0. The summed E-state index contributed by atoms with van der Waals surface area (Å²) in [7, 11) is 0. The Morgan fingerprint density at radius 2 is 1.79 bits per heavy atom. The van der Waals surface area contributed by atoms with E-state index >= 15 is 0 Å². The molecule has 4 rings (SSSR count). The van der Waals surface area contributed by atoms with Gasteiger partial charge in [-0.15, -0.1) is 0 Å². The Morgan fingerprint density at radius 1 is 1.07 bits per heavy atom. The number of benzene rings is 2. The van der Waals surface area contributed by atoms with Gasteiger partial charge in [0.15, 0.2) is 0 Å². The average Bonchev–Trinajstić information content (AvgIpc) is 2.71. The Kier molecular flexibility index (Phi) is 5.58. The molecule has 1 fully saturated rings. The van der Waals surface area contributed by atoms with Crippen LogP contribution in [0.2, 0.25) is 0 Å². The fourth-order valence-corrected chi connectivity index (χ4v) is 4.14. The van der Waals surface area contributed by atoms with Crippen LogP contribution in [0, 0.1) is 13.8 Å². The molecule has 0 aliphatic carbocycles. The van der Waals surface area contributed by atoms with Gasteiger partial charge in [-0.25, -0.2) is 4.79 Å². The Bertz CT molecular complexity index is 1070. The number of rotatable bonds is 5. The van der Waals surface area contributed by atoms with Crippen molar-refractivity contribution in [3.8, 4) is 5.75 Å². The molecule has 0 unspecified atom stereocenters. The van der Waals surface area contributed by atoms with Crippen molar-refractivity contribution in [1.82, 2.24) is 0 Å². The van der Waals surface area contributed by atoms with Crippen LogP contribution in [-0.4, -0.2) is 32.8 Å². The van der Waals surface area contributed by atoms with Gasteiger partial charge in [0.25, 0.3) is 0 Å². The number of nitrogens with zero attached hydrogens (tertiary/aromatic N) is 1. The van der Waals surface area contributed by atoms with E-state index in [2.05, 4.69) is 30.0 Å². The number of piperazine rings is 1. The minimum atomic E-state index is -0.264. The highest BCUT2D eigenvalue weighted by Gasteiger charge is 2.23. The van der Waals surface area contributed by atoms with Crippen molar-refractivity contribution < 1.29 is 14.1 Å². The molecule has 1 aliphatic rings. The molecular formula is C24H29N2O3+. The summed E-state index contributed by atoms with van der Waals surface area (Å²) in [4.78, 5) is 16.0. The number of hydrogen-bond acceptors (Lipinski definition) is 4. The van der Waals surface area contributed by atoms with Crippen LogP contribution in [0.1, 0.15) is 23.6 Å². The maximum Gasteiger partial charge on any atom is 0.336 e. The predicted octanol–water partition coefficient (Wildman–Crippen LogP) is 2.71. The Labute approximate surface area is 171 Å². The van der Waals surface area contributed by atoms with Gasteiger partial charge >= 0.3 is 5.63 Å². The van der Waals surface area contributed by atoms with Crippen LogP contribution in [0.15, 0.2) is 51.7 Å². The molecule has 0 amide bonds. The summed E-state index contributed by atoms with van der Waals surface area (Å²) < 4.78 is 11.3. The maximum absolute atomic E-state index is 12.1. The van der Waals surface area contributed by atoms with Crippen LogP contribution in [0.3, 0.4) is 0 Å². The van der Waals surface area contributed by atoms with Crippen molar-refractivity contribution in [2.24, 2.45) is 0 Å². The zero-order valence-electron chi connectivity index (χ0n) is 17.5. The molecule has 0 radical (unpaired) electrons. The van der Waals surface area contributed by atoms with E-state index in [-0.39, 0.29) is 5.63 Å². The third-order valence-corrected chi connectivity index (χ3v) is 5.86. The molecule has 0 atom stereocenters. The van der Waals surface area contributed by atoms with Crippen molar-refractivity contribution in [2.45, 2.75) is 27.3 Å². The van der Waals surface area contributed by atoms with Gasteiger partial charge in [-0.3, -0.25) is 0 Å². The summed E-state index contributed by atoms with van der Waals surface area (Å²) in [5, 5.41) is 1.06. The summed E-state index contributed by atoms with van der Waals surface area (Å²) in [5.74, 6) is 0.955. The van der Waals surface area contributed by atoms with Crippen molar-refractivity contribution >= 4 is 16.7 Å². The van der Waals surface area contributed by atoms with Gasteiger partial charge < -0.3 is 19.0 Å². The molecule has 1 saturated heterocycles. The summed E-state index contributed by atoms with van der Waals surface area (Å²) in [6, 6.07) is 14.1. The zero-order chi connectivity index (χ0) is 20.4. The van der Waals surface area contributed by atoms with Crippen LogP contribution in [0.25, 0.3) is 11.0 Å². The minimum absolute atomic E-state index is 0.264. The Morgan fingerprint density at radius 3 is 2.55 bits per heavy atom. The van der Waals surface area contributed by atoms with Gasteiger partial charge in [-0.2, -0.15) is 0 Å². The Balaban J connectivity index is 1.51. The first-order valence-electron chi connectivity index (χ1n) is 10.4. The first kappa shape index (κ1) is 19.5. The third kappa shape index (κ3) is 4.15. The lowest BCUT2D eigenvalue weighted by molar-refractivity contribution is -0.914. The zero-order valence-corrected chi connectivity index (χ0v) is 17.5. The van der Waals surface area contributed by atoms with E-state index in [1.807, 2.05) is 32.0 Å². The van der Waals surface area contributed by atoms with E-state index < -0.39 is 0 Å². The number of aryl methyl sites for hydroxylation is 2. The highest BCUT2D eigenvalue weighted by Crippen LogP contribution is 2.28. The van der Waals surface area contributed by atoms with E-state index in [1.165, 1.54) is 16.2 Å². The van der Waals surface area contributed by atoms with E-state index in [0.717, 1.165) is 55.0 Å². The maximum atomic E-state index is 12.1. The number of quaternary nitrogens is 1. The molecule has 0 saturated carbocycles. The smallest absolute Gasteiger partial charge is 0.336 e. The number of nitrogens with one attached hydrogen (secondary N) is 1. The fraction of sp³-hybridized carbons (Fsp3) is 0.375. The van der Waals surface area contributed by atoms with Crippen molar-refractivity contribution in [1.29, 1.82) is 0 Å². The highest BCUT2D eigenvalue weighted by atomic mass is 16.5. The van der Waals surface area contributed by atoms with Crippen LogP contribution in [0.5, 0.6) is 5.75 Å². The molecule has 1 aromatic heterocycles. The molecule has 1 aliphatic heterocycles. The van der Waals surface area contributed by atoms with Gasteiger partial charge in [0.2, 0.25) is 0 Å². The summed E-state index contributed by atoms with van der Waals surface area (Å²) >= 11 is 0. The molecule has 2 aromatic carbocycles. The third-order valence-electron chi connectivity index (χ3n) is 5.86. The number of anilines is 1. The lowest BCUT2D eigenvalue weighted by Crippen LogP contribution is -3.13. The standard InChI is InChI=1S/C24H28N2O3/c1-4-28-22-8-6-5-7-21(22)26-11-9-25(10-12-26)16-19-15-24(27)29-23-14-18(3)17(2)13-20(19)23/h5-8,13-15H,4,9-12,16H2,1-3H3/p+1. The summed E-state index contributed by atoms with van der Waals surface area (Å²) in [6.45, 7) is 11.7. The SMILES string of the molecule is CCOc1ccccc1N1CC[NH+](Cc2cc(=O)oc3cc(C)c(C)cc23)CC1. The Hall–Kier alpha value is -2.79. The normalized spacial score (nSPS) is 15.1. The second-order valence-electron chi connectivity index (χ2n) is 7.84. The predicted molar refractivity (Wildman–Crippen MR) is 116 cm³/mol. The summed E-state index contributed by atoms with van der Waals surface area (Å²) in [6.07, 6.45) is 0. The number of fused-ring (bicyclic) bond motifs is 1. The second kappa shape index (κ2) is 8.29. The van der Waals surface area contributed by atoms with Gasteiger partial charge in [-0.05, 0) is 56.2 Å². The van der Waals surface area contributed by atoms with E-state index in [4.69, 9.17) is 9.15 Å². The molecule has 0 bridgehead atoms. The van der Waals surface area contributed by atoms with Crippen molar-refractivity contribution in [2.75, 3.05) is 37.7 Å². The van der Waals surface area contributed by atoms with E-state index in [9.17, 15) is 4.79 Å². The molecule has 0 spiro atoms. The first-order valence-corrected chi connectivity index (χ1v) is 10.4. The molecule has 5 heteroatoms. The van der Waals surface area contributed by atoms with E-state index in [0.29, 0.717) is 12.2 Å². The number of para-hydroxylation sites is 2. The fourth-order valence-electron chi connectivity index (χ4n) is 4.14. The van der Waals surface area contributed by atoms with Crippen LogP contribution < -0.4 is 20.2 Å². The average molecular weight is 394 g/mol. The lowest BCUT2D eigenvalue weighted by Gasteiger charge is -2.34. The number of hydrogen-bond donors (Lipinski definition) is 1. The molecular weight excluding hydrogens is 364 g/mol. The largest absolute Gasteiger partial charge is 0.492 e. The molecule has 5 nitrogen and oxygen atoms in total. The van der Waals surface area contributed by atoms with Gasteiger partial charge in [-0.1, -0.05) is 12.1 Å². The van der Waals surface area contributed by atoms with Crippen LogP contribution in [-0.2, 0) is 6.54 Å². The quantitative estimate of drug-likeness (QED) is 0.677. The molecule has 2 heterocycles. The van der Waals surface area contributed by atoms with Crippen molar-refractivity contribution in [3.05, 3.63) is 69.6 Å². The van der Waals surface area contributed by atoms with Gasteiger partial charge in [0, 0.05) is 17.0 Å².